The fourth-order valence-corrected chi connectivity index (χ4v) is 6.18. The second kappa shape index (κ2) is 7.92. The van der Waals surface area contributed by atoms with Crippen LogP contribution in [-0.2, 0) is 25.7 Å². The van der Waals surface area contributed by atoms with Crippen LogP contribution in [0.5, 0.6) is 0 Å². The molecule has 1 aromatic rings. The maximum absolute atomic E-state index is 13.5. The van der Waals surface area contributed by atoms with Crippen molar-refractivity contribution in [2.24, 2.45) is 11.3 Å². The van der Waals surface area contributed by atoms with Gasteiger partial charge in [0.2, 0.25) is 5.91 Å². The van der Waals surface area contributed by atoms with Crippen LogP contribution in [0, 0.1) is 18.3 Å². The van der Waals surface area contributed by atoms with Crippen LogP contribution in [0.1, 0.15) is 65.3 Å². The van der Waals surface area contributed by atoms with Crippen molar-refractivity contribution in [3.63, 3.8) is 0 Å². The largest absolute Gasteiger partial charge is 0.457 e. The van der Waals surface area contributed by atoms with E-state index in [1.54, 1.807) is 6.07 Å². The van der Waals surface area contributed by atoms with Gasteiger partial charge in [0.1, 0.15) is 13.2 Å². The molecule has 8 nitrogen and oxygen atoms in total. The summed E-state index contributed by atoms with van der Waals surface area (Å²) in [7, 11) is 0. The first-order valence-corrected chi connectivity index (χ1v) is 12.3. The van der Waals surface area contributed by atoms with Gasteiger partial charge in [-0.3, -0.25) is 4.79 Å². The Kier molecular flexibility index (Phi) is 5.08. The number of benzene rings is 1. The average Bonchev–Trinajstić information content (AvgIpc) is 3.38. The third kappa shape index (κ3) is 3.38. The molecule has 4 heterocycles. The summed E-state index contributed by atoms with van der Waals surface area (Å²) in [4.78, 5) is 41.5. The number of cyclic esters (lactones) is 2. The fourth-order valence-electron chi connectivity index (χ4n) is 6.18. The van der Waals surface area contributed by atoms with Gasteiger partial charge in [-0.2, -0.15) is 0 Å². The van der Waals surface area contributed by atoms with Crippen LogP contribution in [-0.4, -0.2) is 65.5 Å². The lowest BCUT2D eigenvalue weighted by atomic mass is 9.77. The van der Waals surface area contributed by atoms with Crippen LogP contribution in [0.2, 0.25) is 0 Å². The number of nitrogens with zero attached hydrogens (tertiary/aromatic N) is 2. The topological polar surface area (TPSA) is 96.4 Å². The summed E-state index contributed by atoms with van der Waals surface area (Å²) < 4.78 is 10.4. The molecule has 1 aromatic carbocycles. The Morgan fingerprint density at radius 3 is 2.47 bits per heavy atom. The number of rotatable bonds is 5. The minimum absolute atomic E-state index is 0.137. The zero-order valence-electron chi connectivity index (χ0n) is 19.5. The van der Waals surface area contributed by atoms with Crippen LogP contribution in [0.15, 0.2) is 23.4 Å². The summed E-state index contributed by atoms with van der Waals surface area (Å²) >= 11 is 0. The first-order valence-electron chi connectivity index (χ1n) is 12.3. The van der Waals surface area contributed by atoms with Crippen molar-refractivity contribution in [1.82, 2.24) is 9.80 Å². The highest BCUT2D eigenvalue weighted by atomic mass is 16.5. The third-order valence-corrected chi connectivity index (χ3v) is 8.51. The van der Waals surface area contributed by atoms with Crippen molar-refractivity contribution in [2.75, 3.05) is 32.8 Å². The minimum Gasteiger partial charge on any atom is -0.457 e. The fraction of sp³-hybridized carbons (Fsp3) is 0.577. The van der Waals surface area contributed by atoms with Crippen molar-refractivity contribution in [3.05, 3.63) is 45.7 Å². The Morgan fingerprint density at radius 2 is 1.74 bits per heavy atom. The van der Waals surface area contributed by atoms with Gasteiger partial charge in [0.25, 0.3) is 0 Å². The standard InChI is InChI=1S/C26H30N2O6/c1-15-17(4-5-18-19(15)13-33-23(18)30)21(29)12-27-9-6-26(7-10-27)8-11-28(25(26)32)20-14-34-24(31)22(20)16-2-3-16/h4-5,16,21,29H,2-3,6-14H2,1H3/t21-/m0/s1. The van der Waals surface area contributed by atoms with Crippen LogP contribution in [0.4, 0.5) is 0 Å². The number of aliphatic hydroxyl groups is 1. The van der Waals surface area contributed by atoms with Gasteiger partial charge in [0, 0.05) is 18.7 Å². The molecule has 34 heavy (non-hydrogen) atoms. The van der Waals surface area contributed by atoms with Gasteiger partial charge in [-0.25, -0.2) is 9.59 Å². The van der Waals surface area contributed by atoms with Crippen LogP contribution < -0.4 is 0 Å². The Hall–Kier alpha value is -2.71. The predicted molar refractivity (Wildman–Crippen MR) is 120 cm³/mol. The van der Waals surface area contributed by atoms with Crippen molar-refractivity contribution in [2.45, 2.75) is 51.7 Å². The molecule has 0 radical (unpaired) electrons. The lowest BCUT2D eigenvalue weighted by Crippen LogP contribution is -2.45. The molecule has 1 spiro atoms. The normalized spacial score (nSPS) is 25.2. The highest BCUT2D eigenvalue weighted by molar-refractivity contribution is 5.95. The zero-order valence-corrected chi connectivity index (χ0v) is 19.5. The van der Waals surface area contributed by atoms with Gasteiger partial charge >= 0.3 is 11.9 Å². The Morgan fingerprint density at radius 1 is 1.03 bits per heavy atom. The van der Waals surface area contributed by atoms with Crippen LogP contribution in [0.3, 0.4) is 0 Å². The van der Waals surface area contributed by atoms with E-state index in [1.807, 2.05) is 17.9 Å². The molecule has 8 heteroatoms. The molecule has 1 saturated carbocycles. The molecule has 0 aromatic heterocycles. The second-order valence-corrected chi connectivity index (χ2v) is 10.4. The lowest BCUT2D eigenvalue weighted by Gasteiger charge is -2.38. The highest BCUT2D eigenvalue weighted by Gasteiger charge is 2.51. The van der Waals surface area contributed by atoms with E-state index in [1.165, 1.54) is 0 Å². The van der Waals surface area contributed by atoms with Crippen molar-refractivity contribution in [1.29, 1.82) is 0 Å². The number of amides is 1. The number of carbonyl (C=O) groups is 3. The number of carbonyl (C=O) groups excluding carboxylic acids is 3. The zero-order chi connectivity index (χ0) is 23.6. The summed E-state index contributed by atoms with van der Waals surface area (Å²) in [6.07, 6.45) is 3.65. The van der Waals surface area contributed by atoms with Gasteiger partial charge in [-0.05, 0) is 75.2 Å². The number of fused-ring (bicyclic) bond motifs is 1. The number of aliphatic hydroxyl groups excluding tert-OH is 1. The quantitative estimate of drug-likeness (QED) is 0.665. The second-order valence-electron chi connectivity index (χ2n) is 10.4. The number of β-amino-alcohol motifs (C(OH)–C–C–N with tert-alkyl or cyclic N) is 1. The van der Waals surface area contributed by atoms with Crippen molar-refractivity contribution < 1.29 is 29.0 Å². The van der Waals surface area contributed by atoms with E-state index >= 15 is 0 Å². The number of esters is 2. The van der Waals surface area contributed by atoms with Gasteiger partial charge in [-0.15, -0.1) is 0 Å². The molecule has 6 rings (SSSR count). The maximum Gasteiger partial charge on any atom is 0.338 e. The first-order chi connectivity index (χ1) is 16.4. The van der Waals surface area contributed by atoms with Crippen molar-refractivity contribution in [3.8, 4) is 0 Å². The van der Waals surface area contributed by atoms with E-state index in [0.717, 1.165) is 73.2 Å². The van der Waals surface area contributed by atoms with Gasteiger partial charge in [0.05, 0.1) is 28.4 Å². The monoisotopic (exact) mass is 466 g/mol. The molecular formula is C26H30N2O6. The number of hydrogen-bond acceptors (Lipinski definition) is 7. The summed E-state index contributed by atoms with van der Waals surface area (Å²) in [6, 6.07) is 3.57. The summed E-state index contributed by atoms with van der Waals surface area (Å²) in [5, 5.41) is 11.0. The van der Waals surface area contributed by atoms with E-state index < -0.39 is 6.10 Å². The first kappa shape index (κ1) is 21.8. The Balaban J connectivity index is 1.11. The molecule has 3 fully saturated rings. The Bertz CT molecular complexity index is 1110. The van der Waals surface area contributed by atoms with E-state index in [4.69, 9.17) is 9.47 Å². The molecule has 4 aliphatic heterocycles. The highest BCUT2D eigenvalue weighted by Crippen LogP contribution is 2.47. The summed E-state index contributed by atoms with van der Waals surface area (Å²) in [5.74, 6) is -0.138. The number of ether oxygens (including phenoxy) is 2. The summed E-state index contributed by atoms with van der Waals surface area (Å²) in [5.41, 5.74) is 4.36. The smallest absolute Gasteiger partial charge is 0.338 e. The van der Waals surface area contributed by atoms with E-state index in [0.29, 0.717) is 18.7 Å². The minimum atomic E-state index is -0.668. The molecule has 1 atom stereocenters. The molecule has 1 amide bonds. The molecular weight excluding hydrogens is 436 g/mol. The molecule has 0 bridgehead atoms. The van der Waals surface area contributed by atoms with Crippen molar-refractivity contribution >= 4 is 17.8 Å². The van der Waals surface area contributed by atoms with Gasteiger partial charge < -0.3 is 24.4 Å². The molecule has 0 unspecified atom stereocenters. The Labute approximate surface area is 198 Å². The number of hydrogen-bond donors (Lipinski definition) is 1. The molecule has 1 N–H and O–H groups in total. The average molecular weight is 467 g/mol. The number of piperidine rings is 1. The third-order valence-electron chi connectivity index (χ3n) is 8.51. The maximum atomic E-state index is 13.5. The predicted octanol–water partition coefficient (Wildman–Crippen LogP) is 2.23. The SMILES string of the molecule is Cc1c([C@@H](O)CN2CCC3(CC2)CCN(C2=C(C4CC4)C(=O)OC2)C3=O)ccc2c1COC2=O. The van der Waals surface area contributed by atoms with E-state index in [-0.39, 0.29) is 42.4 Å². The van der Waals surface area contributed by atoms with Gasteiger partial charge in [-0.1, -0.05) is 6.07 Å². The van der Waals surface area contributed by atoms with Crippen LogP contribution >= 0.6 is 0 Å². The lowest BCUT2D eigenvalue weighted by molar-refractivity contribution is -0.138. The molecule has 5 aliphatic rings. The van der Waals surface area contributed by atoms with Gasteiger partial charge in [0.15, 0.2) is 0 Å². The van der Waals surface area contributed by atoms with E-state index in [2.05, 4.69) is 4.90 Å². The van der Waals surface area contributed by atoms with E-state index in [9.17, 15) is 19.5 Å². The molecule has 2 saturated heterocycles. The van der Waals surface area contributed by atoms with Crippen LogP contribution in [0.25, 0.3) is 0 Å². The molecule has 1 aliphatic carbocycles. The number of likely N-dealkylation sites (tertiary alicyclic amines) is 2. The molecule has 180 valence electrons. The summed E-state index contributed by atoms with van der Waals surface area (Å²) in [6.45, 7) is 5.04.